The first-order chi connectivity index (χ1) is 12.0. The third-order valence-corrected chi connectivity index (χ3v) is 4.20. The number of benzene rings is 2. The Morgan fingerprint density at radius 1 is 0.920 bits per heavy atom. The van der Waals surface area contributed by atoms with Crippen LogP contribution in [0.25, 0.3) is 21.9 Å². The van der Waals surface area contributed by atoms with Crippen LogP contribution in [0.15, 0.2) is 57.7 Å². The van der Waals surface area contributed by atoms with Gasteiger partial charge in [0.1, 0.15) is 17.1 Å². The number of hydrogen-bond acceptors (Lipinski definition) is 4. The Morgan fingerprint density at radius 2 is 1.76 bits per heavy atom. The van der Waals surface area contributed by atoms with Crippen molar-refractivity contribution in [3.05, 3.63) is 75.8 Å². The van der Waals surface area contributed by atoms with Crippen molar-refractivity contribution < 1.29 is 9.15 Å². The van der Waals surface area contributed by atoms with E-state index >= 15 is 0 Å². The molecule has 0 atom stereocenters. The monoisotopic (exact) mass is 331 g/mol. The summed E-state index contributed by atoms with van der Waals surface area (Å²) in [7, 11) is 0. The molecular formula is C21H17NO3. The van der Waals surface area contributed by atoms with Crippen molar-refractivity contribution in [3.63, 3.8) is 0 Å². The largest absolute Gasteiger partial charge is 0.456 e. The summed E-state index contributed by atoms with van der Waals surface area (Å²) in [6.45, 7) is 5.87. The van der Waals surface area contributed by atoms with E-state index in [-0.39, 0.29) is 5.63 Å². The number of rotatable bonds is 2. The van der Waals surface area contributed by atoms with Crippen molar-refractivity contribution in [2.45, 2.75) is 20.8 Å². The molecule has 2 aromatic heterocycles. The number of hydrogen-bond donors (Lipinski definition) is 0. The molecule has 0 aliphatic heterocycles. The lowest BCUT2D eigenvalue weighted by Gasteiger charge is -2.11. The lowest BCUT2D eigenvalue weighted by Crippen LogP contribution is -1.98. The molecule has 124 valence electrons. The van der Waals surface area contributed by atoms with Gasteiger partial charge in [-0.25, -0.2) is 4.79 Å². The first-order valence-corrected chi connectivity index (χ1v) is 8.10. The number of aromatic nitrogens is 1. The van der Waals surface area contributed by atoms with Crippen LogP contribution in [0, 0.1) is 20.8 Å². The van der Waals surface area contributed by atoms with Crippen molar-refractivity contribution in [2.75, 3.05) is 0 Å². The van der Waals surface area contributed by atoms with Crippen molar-refractivity contribution in [3.8, 4) is 11.5 Å². The van der Waals surface area contributed by atoms with Crippen LogP contribution in [-0.2, 0) is 0 Å². The first kappa shape index (κ1) is 15.4. The molecule has 0 spiro atoms. The lowest BCUT2D eigenvalue weighted by molar-refractivity contribution is 0.485. The van der Waals surface area contributed by atoms with Crippen LogP contribution in [0.3, 0.4) is 0 Å². The van der Waals surface area contributed by atoms with E-state index in [1.165, 1.54) is 6.07 Å². The maximum Gasteiger partial charge on any atom is 0.336 e. The summed E-state index contributed by atoms with van der Waals surface area (Å²) in [6.07, 6.45) is 0. The lowest BCUT2D eigenvalue weighted by atomic mass is 10.1. The van der Waals surface area contributed by atoms with Crippen LogP contribution >= 0.6 is 0 Å². The van der Waals surface area contributed by atoms with Gasteiger partial charge in [0.05, 0.1) is 5.52 Å². The number of fused-ring (bicyclic) bond motifs is 2. The fraction of sp³-hybridized carbons (Fsp3) is 0.143. The quantitative estimate of drug-likeness (QED) is 0.482. The summed E-state index contributed by atoms with van der Waals surface area (Å²) in [4.78, 5) is 16.2. The highest BCUT2D eigenvalue weighted by atomic mass is 16.5. The van der Waals surface area contributed by atoms with Crippen molar-refractivity contribution in [2.24, 2.45) is 0 Å². The molecule has 0 saturated carbocycles. The molecule has 4 nitrogen and oxygen atoms in total. The average molecular weight is 331 g/mol. The third kappa shape index (κ3) is 2.87. The average Bonchev–Trinajstić information content (AvgIpc) is 2.55. The van der Waals surface area contributed by atoms with Gasteiger partial charge < -0.3 is 9.15 Å². The van der Waals surface area contributed by atoms with Crippen molar-refractivity contribution in [1.82, 2.24) is 4.98 Å². The molecule has 4 aromatic rings. The Labute approximate surface area is 144 Å². The minimum atomic E-state index is -0.358. The molecule has 4 rings (SSSR count). The Morgan fingerprint density at radius 3 is 2.60 bits per heavy atom. The topological polar surface area (TPSA) is 52.3 Å². The van der Waals surface area contributed by atoms with Crippen LogP contribution in [0.2, 0.25) is 0 Å². The first-order valence-electron chi connectivity index (χ1n) is 8.10. The second-order valence-corrected chi connectivity index (χ2v) is 6.29. The third-order valence-electron chi connectivity index (χ3n) is 4.20. The predicted octanol–water partition coefficient (Wildman–Crippen LogP) is 5.06. The molecule has 25 heavy (non-hydrogen) atoms. The van der Waals surface area contributed by atoms with Crippen molar-refractivity contribution >= 4 is 21.9 Å². The number of ether oxygens (including phenoxy) is 1. The van der Waals surface area contributed by atoms with E-state index < -0.39 is 0 Å². The summed E-state index contributed by atoms with van der Waals surface area (Å²) in [5.74, 6) is 1.36. The minimum Gasteiger partial charge on any atom is -0.456 e. The Kier molecular flexibility index (Phi) is 3.53. The van der Waals surface area contributed by atoms with E-state index in [1.807, 2.05) is 51.1 Å². The van der Waals surface area contributed by atoms with Crippen LogP contribution in [0.4, 0.5) is 0 Å². The molecule has 4 heteroatoms. The van der Waals surface area contributed by atoms with E-state index in [2.05, 4.69) is 11.1 Å². The van der Waals surface area contributed by atoms with Crippen molar-refractivity contribution in [1.29, 1.82) is 0 Å². The fourth-order valence-electron chi connectivity index (χ4n) is 3.01. The standard InChI is InChI=1S/C21H17NO3/c1-12-4-7-18-17(8-12)19(10-14(3)22-18)24-15-5-6-16-13(2)9-21(23)25-20(16)11-15/h4-11H,1-3H3. The van der Waals surface area contributed by atoms with Gasteiger partial charge in [-0.1, -0.05) is 11.6 Å². The molecular weight excluding hydrogens is 314 g/mol. The predicted molar refractivity (Wildman–Crippen MR) is 98.5 cm³/mol. The molecule has 0 amide bonds. The fourth-order valence-corrected chi connectivity index (χ4v) is 3.01. The molecule has 0 saturated heterocycles. The summed E-state index contributed by atoms with van der Waals surface area (Å²) < 4.78 is 11.4. The molecule has 0 aliphatic rings. The zero-order valence-corrected chi connectivity index (χ0v) is 14.3. The van der Waals surface area contributed by atoms with Crippen LogP contribution in [-0.4, -0.2) is 4.98 Å². The Balaban J connectivity index is 1.85. The van der Waals surface area contributed by atoms with E-state index in [1.54, 1.807) is 6.07 Å². The Hall–Kier alpha value is -3.14. The maximum absolute atomic E-state index is 11.6. The molecule has 2 aromatic carbocycles. The zero-order valence-electron chi connectivity index (χ0n) is 14.3. The smallest absolute Gasteiger partial charge is 0.336 e. The van der Waals surface area contributed by atoms with E-state index in [4.69, 9.17) is 9.15 Å². The van der Waals surface area contributed by atoms with Crippen LogP contribution in [0.5, 0.6) is 11.5 Å². The number of pyridine rings is 1. The van der Waals surface area contributed by atoms with Crippen LogP contribution in [0.1, 0.15) is 16.8 Å². The van der Waals surface area contributed by atoms with Gasteiger partial charge in [0.15, 0.2) is 0 Å². The van der Waals surface area contributed by atoms with Gasteiger partial charge in [0.2, 0.25) is 0 Å². The van der Waals surface area contributed by atoms with Crippen LogP contribution < -0.4 is 10.4 Å². The molecule has 0 radical (unpaired) electrons. The normalized spacial score (nSPS) is 11.2. The summed E-state index contributed by atoms with van der Waals surface area (Å²) in [5.41, 5.74) is 3.97. The summed E-state index contributed by atoms with van der Waals surface area (Å²) >= 11 is 0. The second-order valence-electron chi connectivity index (χ2n) is 6.29. The molecule has 0 N–H and O–H groups in total. The summed E-state index contributed by atoms with van der Waals surface area (Å²) in [6, 6.07) is 15.0. The molecule has 0 unspecified atom stereocenters. The van der Waals surface area contributed by atoms with E-state index in [0.29, 0.717) is 11.3 Å². The molecule has 2 heterocycles. The molecule has 0 fully saturated rings. The van der Waals surface area contributed by atoms with E-state index in [0.717, 1.165) is 38.9 Å². The highest BCUT2D eigenvalue weighted by molar-refractivity contribution is 5.86. The zero-order chi connectivity index (χ0) is 17.6. The molecule has 0 aliphatic carbocycles. The highest BCUT2D eigenvalue weighted by Gasteiger charge is 2.09. The van der Waals surface area contributed by atoms with E-state index in [9.17, 15) is 4.79 Å². The summed E-state index contributed by atoms with van der Waals surface area (Å²) in [5, 5.41) is 1.86. The van der Waals surface area contributed by atoms with Gasteiger partial charge in [-0.3, -0.25) is 4.98 Å². The van der Waals surface area contributed by atoms with Gasteiger partial charge in [0.25, 0.3) is 0 Å². The SMILES string of the molecule is Cc1ccc2nc(C)cc(Oc3ccc4c(C)cc(=O)oc4c3)c2c1. The van der Waals surface area contributed by atoms with Gasteiger partial charge in [-0.05, 0) is 50.6 Å². The number of nitrogens with zero attached hydrogens (tertiary/aromatic N) is 1. The minimum absolute atomic E-state index is 0.358. The maximum atomic E-state index is 11.6. The van der Waals surface area contributed by atoms with Gasteiger partial charge in [-0.15, -0.1) is 0 Å². The van der Waals surface area contributed by atoms with Gasteiger partial charge >= 0.3 is 5.63 Å². The Bertz CT molecular complexity index is 1180. The number of aryl methyl sites for hydroxylation is 3. The van der Waals surface area contributed by atoms with Gasteiger partial charge in [-0.2, -0.15) is 0 Å². The van der Waals surface area contributed by atoms with Gasteiger partial charge in [0, 0.05) is 34.7 Å². The highest BCUT2D eigenvalue weighted by Crippen LogP contribution is 2.32. The second kappa shape index (κ2) is 5.74. The molecule has 0 bridgehead atoms.